The van der Waals surface area contributed by atoms with Crippen LogP contribution in [-0.4, -0.2) is 32.4 Å². The minimum absolute atomic E-state index is 0.00791. The molecule has 0 bridgehead atoms. The van der Waals surface area contributed by atoms with E-state index in [1.807, 2.05) is 13.8 Å². The third kappa shape index (κ3) is 5.27. The largest absolute Gasteiger partial charge is 0.497 e. The Morgan fingerprint density at radius 3 is 2.39 bits per heavy atom. The van der Waals surface area contributed by atoms with Crippen LogP contribution in [-0.2, 0) is 16.7 Å². The van der Waals surface area contributed by atoms with Crippen molar-refractivity contribution in [2.75, 3.05) is 7.11 Å². The first-order valence-corrected chi connectivity index (χ1v) is 11.3. The van der Waals surface area contributed by atoms with Crippen molar-refractivity contribution >= 4 is 16.0 Å². The molecule has 0 N–H and O–H groups in total. The highest BCUT2D eigenvalue weighted by molar-refractivity contribution is 7.87. The van der Waals surface area contributed by atoms with Crippen LogP contribution >= 0.6 is 0 Å². The fraction of sp³-hybridized carbons (Fsp3) is 0.261. The van der Waals surface area contributed by atoms with Gasteiger partial charge < -0.3 is 18.2 Å². The van der Waals surface area contributed by atoms with E-state index in [4.69, 9.17) is 13.3 Å². The highest BCUT2D eigenvalue weighted by Gasteiger charge is 2.25. The molecular weight excluding hydrogens is 418 g/mol. The van der Waals surface area contributed by atoms with Crippen LogP contribution in [0.2, 0.25) is 0 Å². The Morgan fingerprint density at radius 1 is 1.06 bits per heavy atom. The Morgan fingerprint density at radius 2 is 1.77 bits per heavy atom. The average Bonchev–Trinajstić information content (AvgIpc) is 3.32. The lowest BCUT2D eigenvalue weighted by Gasteiger charge is -2.28. The molecule has 0 spiro atoms. The molecule has 0 unspecified atom stereocenters. The Bertz CT molecular complexity index is 1110. The lowest BCUT2D eigenvalue weighted by molar-refractivity contribution is 0.0638. The van der Waals surface area contributed by atoms with Gasteiger partial charge in [-0.05, 0) is 55.8 Å². The first-order valence-electron chi connectivity index (χ1n) is 9.86. The number of para-hydroxylation sites is 1. The summed E-state index contributed by atoms with van der Waals surface area (Å²) >= 11 is 0. The normalized spacial score (nSPS) is 12.2. The van der Waals surface area contributed by atoms with E-state index in [9.17, 15) is 13.2 Å². The molecule has 0 aliphatic rings. The molecule has 8 heteroatoms. The molecule has 0 saturated heterocycles. The second kappa shape index (κ2) is 9.70. The van der Waals surface area contributed by atoms with Crippen LogP contribution in [0, 0.1) is 0 Å². The average molecular weight is 444 g/mol. The van der Waals surface area contributed by atoms with Crippen LogP contribution in [0.3, 0.4) is 0 Å². The molecule has 3 aromatic rings. The van der Waals surface area contributed by atoms with Crippen LogP contribution < -0.4 is 8.92 Å². The van der Waals surface area contributed by atoms with E-state index in [1.165, 1.54) is 25.5 Å². The van der Waals surface area contributed by atoms with E-state index in [2.05, 4.69) is 0 Å². The molecule has 2 aromatic carbocycles. The smallest absolute Gasteiger partial charge is 0.339 e. The molecule has 3 rings (SSSR count). The highest BCUT2D eigenvalue weighted by Crippen LogP contribution is 2.27. The standard InChI is InChI=1S/C23H25NO6S/c1-4-17(2)24(23(25)22-10-7-15-29-22)16-18-8-5-6-9-21(18)30-31(26,27)20-13-11-19(28-3)12-14-20/h5-15,17H,4,16H2,1-3H3/t17-/m1/s1. The predicted molar refractivity (Wildman–Crippen MR) is 116 cm³/mol. The molecule has 0 saturated carbocycles. The number of hydrogen-bond acceptors (Lipinski definition) is 6. The van der Waals surface area contributed by atoms with Crippen LogP contribution in [0.25, 0.3) is 0 Å². The zero-order valence-corrected chi connectivity index (χ0v) is 18.5. The van der Waals surface area contributed by atoms with E-state index in [1.54, 1.807) is 53.4 Å². The van der Waals surface area contributed by atoms with Gasteiger partial charge in [-0.1, -0.05) is 25.1 Å². The van der Waals surface area contributed by atoms with Crippen molar-refractivity contribution in [1.82, 2.24) is 4.90 Å². The number of carbonyl (C=O) groups excluding carboxylic acids is 1. The van der Waals surface area contributed by atoms with Gasteiger partial charge in [-0.3, -0.25) is 4.79 Å². The summed E-state index contributed by atoms with van der Waals surface area (Å²) in [6.45, 7) is 4.07. The highest BCUT2D eigenvalue weighted by atomic mass is 32.2. The van der Waals surface area contributed by atoms with Gasteiger partial charge in [-0.25, -0.2) is 0 Å². The SMILES string of the molecule is CC[C@@H](C)N(Cc1ccccc1OS(=O)(=O)c1ccc(OC)cc1)C(=O)c1ccco1. The number of methoxy groups -OCH3 is 1. The molecule has 1 aromatic heterocycles. The predicted octanol–water partition coefficient (Wildman–Crippen LogP) is 4.50. The summed E-state index contributed by atoms with van der Waals surface area (Å²) in [5, 5.41) is 0. The Kier molecular flexibility index (Phi) is 7.02. The maximum absolute atomic E-state index is 13.0. The summed E-state index contributed by atoms with van der Waals surface area (Å²) in [6, 6.07) is 15.9. The first kappa shape index (κ1) is 22.4. The van der Waals surface area contributed by atoms with Crippen molar-refractivity contribution in [2.24, 2.45) is 0 Å². The maximum atomic E-state index is 13.0. The zero-order valence-electron chi connectivity index (χ0n) is 17.6. The van der Waals surface area contributed by atoms with E-state index in [-0.39, 0.29) is 34.9 Å². The van der Waals surface area contributed by atoms with Crippen molar-refractivity contribution in [3.8, 4) is 11.5 Å². The fourth-order valence-electron chi connectivity index (χ4n) is 3.00. The van der Waals surface area contributed by atoms with Gasteiger partial charge in [0, 0.05) is 11.6 Å². The molecule has 0 fully saturated rings. The monoisotopic (exact) mass is 443 g/mol. The molecule has 1 amide bonds. The number of carbonyl (C=O) groups is 1. The molecule has 1 heterocycles. The van der Waals surface area contributed by atoms with Crippen molar-refractivity contribution in [1.29, 1.82) is 0 Å². The Labute approximate surface area is 182 Å². The van der Waals surface area contributed by atoms with E-state index >= 15 is 0 Å². The molecule has 0 aliphatic heterocycles. The molecular formula is C23H25NO6S. The Hall–Kier alpha value is -3.26. The summed E-state index contributed by atoms with van der Waals surface area (Å²) in [4.78, 5) is 14.6. The second-order valence-corrected chi connectivity index (χ2v) is 8.53. The van der Waals surface area contributed by atoms with Crippen molar-refractivity contribution in [3.63, 3.8) is 0 Å². The molecule has 31 heavy (non-hydrogen) atoms. The van der Waals surface area contributed by atoms with Gasteiger partial charge in [0.05, 0.1) is 19.9 Å². The molecule has 164 valence electrons. The molecule has 0 aliphatic carbocycles. The third-order valence-corrected chi connectivity index (χ3v) is 6.23. The van der Waals surface area contributed by atoms with Crippen molar-refractivity contribution in [3.05, 3.63) is 78.3 Å². The quantitative estimate of drug-likeness (QED) is 0.453. The fourth-order valence-corrected chi connectivity index (χ4v) is 3.96. The van der Waals surface area contributed by atoms with Gasteiger partial charge in [0.15, 0.2) is 5.76 Å². The van der Waals surface area contributed by atoms with Gasteiger partial charge >= 0.3 is 10.1 Å². The molecule has 0 radical (unpaired) electrons. The summed E-state index contributed by atoms with van der Waals surface area (Å²) in [5.74, 6) is 0.663. The van der Waals surface area contributed by atoms with Crippen LogP contribution in [0.5, 0.6) is 11.5 Å². The maximum Gasteiger partial charge on any atom is 0.339 e. The van der Waals surface area contributed by atoms with Crippen LogP contribution in [0.1, 0.15) is 36.4 Å². The van der Waals surface area contributed by atoms with Crippen LogP contribution in [0.4, 0.5) is 0 Å². The van der Waals surface area contributed by atoms with Crippen molar-refractivity contribution < 1.29 is 26.5 Å². The van der Waals surface area contributed by atoms with Crippen molar-refractivity contribution in [2.45, 2.75) is 37.8 Å². The minimum Gasteiger partial charge on any atom is -0.497 e. The van der Waals surface area contributed by atoms with Gasteiger partial charge in [-0.15, -0.1) is 0 Å². The lowest BCUT2D eigenvalue weighted by atomic mass is 10.1. The molecule has 1 atom stereocenters. The number of benzene rings is 2. The Balaban J connectivity index is 1.88. The van der Waals surface area contributed by atoms with E-state index in [0.717, 1.165) is 6.42 Å². The topological polar surface area (TPSA) is 86.0 Å². The molecule has 7 nitrogen and oxygen atoms in total. The number of furan rings is 1. The number of nitrogens with zero attached hydrogens (tertiary/aromatic N) is 1. The summed E-state index contributed by atoms with van der Waals surface area (Å²) in [5.41, 5.74) is 0.569. The number of hydrogen-bond donors (Lipinski definition) is 0. The number of ether oxygens (including phenoxy) is 1. The van der Waals surface area contributed by atoms with Gasteiger partial charge in [0.25, 0.3) is 5.91 Å². The van der Waals surface area contributed by atoms with Gasteiger partial charge in [0.1, 0.15) is 16.4 Å². The minimum atomic E-state index is -4.06. The van der Waals surface area contributed by atoms with E-state index in [0.29, 0.717) is 11.3 Å². The van der Waals surface area contributed by atoms with Crippen LogP contribution in [0.15, 0.2) is 76.2 Å². The number of rotatable bonds is 9. The summed E-state index contributed by atoms with van der Waals surface area (Å²) in [6.07, 6.45) is 2.17. The third-order valence-electron chi connectivity index (χ3n) is 4.98. The lowest BCUT2D eigenvalue weighted by Crippen LogP contribution is -2.37. The first-order chi connectivity index (χ1) is 14.9. The van der Waals surface area contributed by atoms with E-state index < -0.39 is 10.1 Å². The zero-order chi connectivity index (χ0) is 22.4. The number of amides is 1. The van der Waals surface area contributed by atoms with Gasteiger partial charge in [-0.2, -0.15) is 8.42 Å². The summed E-state index contributed by atoms with van der Waals surface area (Å²) < 4.78 is 41.4. The van der Waals surface area contributed by atoms with Gasteiger partial charge in [0.2, 0.25) is 0 Å². The summed E-state index contributed by atoms with van der Waals surface area (Å²) in [7, 11) is -2.56. The second-order valence-electron chi connectivity index (χ2n) is 6.99.